The molecule has 0 bridgehead atoms. The highest BCUT2D eigenvalue weighted by Gasteiger charge is 2.23. The van der Waals surface area contributed by atoms with E-state index in [4.69, 9.17) is 5.73 Å². The quantitative estimate of drug-likeness (QED) is 0.816. The fourth-order valence-electron chi connectivity index (χ4n) is 1.66. The van der Waals surface area contributed by atoms with Gasteiger partial charge in [0.05, 0.1) is 4.90 Å². The minimum absolute atomic E-state index is 0.338. The van der Waals surface area contributed by atoms with Crippen LogP contribution in [-0.4, -0.2) is 25.8 Å². The van der Waals surface area contributed by atoms with Gasteiger partial charge in [0.15, 0.2) is 0 Å². The first kappa shape index (κ1) is 13.0. The zero-order valence-corrected chi connectivity index (χ0v) is 10.7. The van der Waals surface area contributed by atoms with Crippen LogP contribution in [0, 0.1) is 6.92 Å². The smallest absolute Gasteiger partial charge is 0.243 e. The zero-order valence-electron chi connectivity index (χ0n) is 9.90. The van der Waals surface area contributed by atoms with E-state index in [1.807, 2.05) is 13.8 Å². The molecule has 0 spiro atoms. The molecule has 5 heteroatoms. The SMILES string of the molecule is CCN(CC)S(=O)(=O)c1ccc(N)cc1C. The molecule has 0 saturated carbocycles. The van der Waals surface area contributed by atoms with Gasteiger partial charge in [-0.05, 0) is 30.7 Å². The van der Waals surface area contributed by atoms with Gasteiger partial charge >= 0.3 is 0 Å². The molecule has 0 unspecified atom stereocenters. The van der Waals surface area contributed by atoms with Gasteiger partial charge in [-0.1, -0.05) is 13.8 Å². The highest BCUT2D eigenvalue weighted by atomic mass is 32.2. The molecule has 0 aliphatic heterocycles. The van der Waals surface area contributed by atoms with Gasteiger partial charge in [-0.15, -0.1) is 0 Å². The number of rotatable bonds is 4. The van der Waals surface area contributed by atoms with Gasteiger partial charge in [0.1, 0.15) is 0 Å². The maximum Gasteiger partial charge on any atom is 0.243 e. The maximum absolute atomic E-state index is 12.2. The van der Waals surface area contributed by atoms with Gasteiger partial charge in [-0.25, -0.2) is 8.42 Å². The van der Waals surface area contributed by atoms with E-state index in [1.165, 1.54) is 4.31 Å². The van der Waals surface area contributed by atoms with Crippen LogP contribution in [0.5, 0.6) is 0 Å². The lowest BCUT2D eigenvalue weighted by molar-refractivity contribution is 0.445. The molecule has 0 amide bonds. The third kappa shape index (κ3) is 2.36. The number of anilines is 1. The summed E-state index contributed by atoms with van der Waals surface area (Å²) in [6.45, 7) is 6.36. The number of nitrogen functional groups attached to an aromatic ring is 1. The fourth-order valence-corrected chi connectivity index (χ4v) is 3.33. The van der Waals surface area contributed by atoms with Crippen LogP contribution in [-0.2, 0) is 10.0 Å². The van der Waals surface area contributed by atoms with Crippen molar-refractivity contribution in [2.45, 2.75) is 25.7 Å². The average Bonchev–Trinajstić information content (AvgIpc) is 2.18. The van der Waals surface area contributed by atoms with Crippen LogP contribution in [0.25, 0.3) is 0 Å². The van der Waals surface area contributed by atoms with Crippen LogP contribution in [0.3, 0.4) is 0 Å². The first-order valence-electron chi connectivity index (χ1n) is 5.29. The summed E-state index contributed by atoms with van der Waals surface area (Å²) < 4.78 is 25.9. The van der Waals surface area contributed by atoms with Crippen molar-refractivity contribution in [2.75, 3.05) is 18.8 Å². The van der Waals surface area contributed by atoms with E-state index in [1.54, 1.807) is 25.1 Å². The number of nitrogens with zero attached hydrogens (tertiary/aromatic N) is 1. The van der Waals surface area contributed by atoms with Gasteiger partial charge in [0.25, 0.3) is 0 Å². The molecule has 0 aromatic heterocycles. The number of benzene rings is 1. The first-order valence-corrected chi connectivity index (χ1v) is 6.73. The van der Waals surface area contributed by atoms with Crippen molar-refractivity contribution < 1.29 is 8.42 Å². The van der Waals surface area contributed by atoms with E-state index in [9.17, 15) is 8.42 Å². The molecular formula is C11H18N2O2S. The molecule has 2 N–H and O–H groups in total. The lowest BCUT2D eigenvalue weighted by Gasteiger charge is -2.19. The van der Waals surface area contributed by atoms with E-state index < -0.39 is 10.0 Å². The Morgan fingerprint density at radius 1 is 1.25 bits per heavy atom. The van der Waals surface area contributed by atoms with Crippen molar-refractivity contribution in [3.8, 4) is 0 Å². The average molecular weight is 242 g/mol. The topological polar surface area (TPSA) is 63.4 Å². The highest BCUT2D eigenvalue weighted by molar-refractivity contribution is 7.89. The van der Waals surface area contributed by atoms with Gasteiger partial charge in [0, 0.05) is 18.8 Å². The first-order chi connectivity index (χ1) is 7.43. The van der Waals surface area contributed by atoms with Gasteiger partial charge in [0.2, 0.25) is 10.0 Å². The number of nitrogens with two attached hydrogens (primary N) is 1. The predicted octanol–water partition coefficient (Wildman–Crippen LogP) is 1.61. The lowest BCUT2D eigenvalue weighted by Crippen LogP contribution is -2.31. The molecule has 90 valence electrons. The van der Waals surface area contributed by atoms with Crippen molar-refractivity contribution in [2.24, 2.45) is 0 Å². The van der Waals surface area contributed by atoms with E-state index in [0.29, 0.717) is 29.2 Å². The summed E-state index contributed by atoms with van der Waals surface area (Å²) in [4.78, 5) is 0.338. The second-order valence-electron chi connectivity index (χ2n) is 3.61. The van der Waals surface area contributed by atoms with Crippen LogP contribution in [0.15, 0.2) is 23.1 Å². The van der Waals surface area contributed by atoms with Crippen molar-refractivity contribution in [1.29, 1.82) is 0 Å². The molecule has 0 aliphatic rings. The zero-order chi connectivity index (χ0) is 12.3. The predicted molar refractivity (Wildman–Crippen MR) is 65.7 cm³/mol. The van der Waals surface area contributed by atoms with Crippen molar-refractivity contribution in [1.82, 2.24) is 4.31 Å². The van der Waals surface area contributed by atoms with Gasteiger partial charge in [-0.3, -0.25) is 0 Å². The van der Waals surface area contributed by atoms with E-state index in [-0.39, 0.29) is 0 Å². The summed E-state index contributed by atoms with van der Waals surface area (Å²) in [5, 5.41) is 0. The van der Waals surface area contributed by atoms with Crippen LogP contribution in [0.4, 0.5) is 5.69 Å². The van der Waals surface area contributed by atoms with E-state index >= 15 is 0 Å². The van der Waals surface area contributed by atoms with Crippen molar-refractivity contribution in [3.63, 3.8) is 0 Å². The summed E-state index contributed by atoms with van der Waals surface area (Å²) in [5.41, 5.74) is 6.87. The summed E-state index contributed by atoms with van der Waals surface area (Å²) in [6.07, 6.45) is 0. The Morgan fingerprint density at radius 3 is 2.25 bits per heavy atom. The molecule has 0 radical (unpaired) electrons. The molecule has 0 aliphatic carbocycles. The highest BCUT2D eigenvalue weighted by Crippen LogP contribution is 2.21. The Hall–Kier alpha value is -1.07. The Morgan fingerprint density at radius 2 is 1.81 bits per heavy atom. The molecule has 4 nitrogen and oxygen atoms in total. The molecular weight excluding hydrogens is 224 g/mol. The summed E-state index contributed by atoms with van der Waals surface area (Å²) in [6, 6.07) is 4.86. The molecule has 16 heavy (non-hydrogen) atoms. The van der Waals surface area contributed by atoms with Crippen LogP contribution < -0.4 is 5.73 Å². The summed E-state index contributed by atoms with van der Waals surface area (Å²) in [7, 11) is -3.37. The number of sulfonamides is 1. The molecule has 0 atom stereocenters. The minimum Gasteiger partial charge on any atom is -0.399 e. The number of hydrogen-bond donors (Lipinski definition) is 1. The molecule has 0 saturated heterocycles. The van der Waals surface area contributed by atoms with Gasteiger partial charge < -0.3 is 5.73 Å². The van der Waals surface area contributed by atoms with Crippen LogP contribution >= 0.6 is 0 Å². The van der Waals surface area contributed by atoms with Crippen LogP contribution in [0.1, 0.15) is 19.4 Å². The number of aryl methyl sites for hydroxylation is 1. The largest absolute Gasteiger partial charge is 0.399 e. The van der Waals surface area contributed by atoms with Gasteiger partial charge in [-0.2, -0.15) is 4.31 Å². The van der Waals surface area contributed by atoms with Crippen molar-refractivity contribution >= 4 is 15.7 Å². The molecule has 1 aromatic carbocycles. The van der Waals surface area contributed by atoms with E-state index in [2.05, 4.69) is 0 Å². The normalized spacial score (nSPS) is 12.0. The molecule has 1 aromatic rings. The maximum atomic E-state index is 12.2. The summed E-state index contributed by atoms with van der Waals surface area (Å²) >= 11 is 0. The fraction of sp³-hybridized carbons (Fsp3) is 0.455. The second-order valence-corrected chi connectivity index (χ2v) is 5.52. The number of hydrogen-bond acceptors (Lipinski definition) is 3. The standard InChI is InChI=1S/C11H18N2O2S/c1-4-13(5-2)16(14,15)11-7-6-10(12)8-9(11)3/h6-8H,4-5,12H2,1-3H3. The molecule has 1 rings (SSSR count). The van der Waals surface area contributed by atoms with Crippen LogP contribution in [0.2, 0.25) is 0 Å². The summed E-state index contributed by atoms with van der Waals surface area (Å²) in [5.74, 6) is 0. The van der Waals surface area contributed by atoms with E-state index in [0.717, 1.165) is 0 Å². The minimum atomic E-state index is -3.37. The third-order valence-corrected chi connectivity index (χ3v) is 4.73. The molecule has 0 heterocycles. The monoisotopic (exact) mass is 242 g/mol. The Labute approximate surface area is 97.1 Å². The molecule has 0 fully saturated rings. The third-order valence-electron chi connectivity index (χ3n) is 2.52. The second kappa shape index (κ2) is 4.84. The van der Waals surface area contributed by atoms with Crippen molar-refractivity contribution in [3.05, 3.63) is 23.8 Å². The Kier molecular flexibility index (Phi) is 3.93. The Bertz CT molecular complexity index is 465. The lowest BCUT2D eigenvalue weighted by atomic mass is 10.2. The Balaban J connectivity index is 3.27.